The summed E-state index contributed by atoms with van der Waals surface area (Å²) in [5, 5.41) is 20.7. The lowest BCUT2D eigenvalue weighted by Crippen LogP contribution is -2.05. The standard InChI is InChI=1S/C16H15N5O3/c1-24-14-7-6-12(8-13(14)17)15-18-19-20-21(15)9-10-2-4-11(5-3-10)16(22)23/h2-8H,9,17H2,1H3,(H,22,23). The number of hydrogen-bond acceptors (Lipinski definition) is 6. The van der Waals surface area contributed by atoms with Gasteiger partial charge < -0.3 is 15.6 Å². The number of tetrazole rings is 1. The minimum atomic E-state index is -0.960. The first kappa shape index (κ1) is 15.5. The molecule has 0 spiro atoms. The fourth-order valence-electron chi connectivity index (χ4n) is 2.32. The van der Waals surface area contributed by atoms with Gasteiger partial charge in [-0.15, -0.1) is 5.10 Å². The van der Waals surface area contributed by atoms with Crippen molar-refractivity contribution in [1.82, 2.24) is 20.2 Å². The molecule has 0 aliphatic carbocycles. The van der Waals surface area contributed by atoms with Gasteiger partial charge in [0, 0.05) is 5.56 Å². The Balaban J connectivity index is 1.87. The van der Waals surface area contributed by atoms with Crippen molar-refractivity contribution < 1.29 is 14.6 Å². The van der Waals surface area contributed by atoms with Crippen molar-refractivity contribution >= 4 is 11.7 Å². The molecule has 3 rings (SSSR count). The fourth-order valence-corrected chi connectivity index (χ4v) is 2.32. The summed E-state index contributed by atoms with van der Waals surface area (Å²) >= 11 is 0. The highest BCUT2D eigenvalue weighted by molar-refractivity contribution is 5.87. The second-order valence-corrected chi connectivity index (χ2v) is 5.12. The normalized spacial score (nSPS) is 10.5. The SMILES string of the molecule is COc1ccc(-c2nnnn2Cc2ccc(C(=O)O)cc2)cc1N. The monoisotopic (exact) mass is 325 g/mol. The largest absolute Gasteiger partial charge is 0.495 e. The number of carboxylic acid groups (broad SMARTS) is 1. The summed E-state index contributed by atoms with van der Waals surface area (Å²) < 4.78 is 6.76. The Morgan fingerprint density at radius 2 is 2.00 bits per heavy atom. The molecule has 0 saturated heterocycles. The molecule has 0 aliphatic rings. The number of aromatic nitrogens is 4. The molecule has 3 aromatic rings. The van der Waals surface area contributed by atoms with E-state index in [1.54, 1.807) is 48.2 Å². The highest BCUT2D eigenvalue weighted by atomic mass is 16.5. The molecule has 1 aromatic heterocycles. The van der Waals surface area contributed by atoms with Gasteiger partial charge in [-0.05, 0) is 46.3 Å². The minimum Gasteiger partial charge on any atom is -0.495 e. The number of nitrogens with two attached hydrogens (primary N) is 1. The average molecular weight is 325 g/mol. The van der Waals surface area contributed by atoms with E-state index < -0.39 is 5.97 Å². The van der Waals surface area contributed by atoms with Crippen LogP contribution in [0.5, 0.6) is 5.75 Å². The van der Waals surface area contributed by atoms with Crippen LogP contribution in [0, 0.1) is 0 Å². The average Bonchev–Trinajstić information content (AvgIpc) is 3.03. The van der Waals surface area contributed by atoms with Gasteiger partial charge in [-0.3, -0.25) is 0 Å². The van der Waals surface area contributed by atoms with E-state index in [2.05, 4.69) is 15.5 Å². The van der Waals surface area contributed by atoms with E-state index in [1.807, 2.05) is 6.07 Å². The molecule has 1 heterocycles. The maximum atomic E-state index is 10.9. The van der Waals surface area contributed by atoms with Crippen molar-refractivity contribution in [2.75, 3.05) is 12.8 Å². The van der Waals surface area contributed by atoms with E-state index >= 15 is 0 Å². The molecule has 0 saturated carbocycles. The van der Waals surface area contributed by atoms with Crippen LogP contribution >= 0.6 is 0 Å². The molecule has 0 radical (unpaired) electrons. The van der Waals surface area contributed by atoms with Crippen LogP contribution in [-0.2, 0) is 6.54 Å². The van der Waals surface area contributed by atoms with Gasteiger partial charge in [0.2, 0.25) is 0 Å². The van der Waals surface area contributed by atoms with Crippen LogP contribution in [0.25, 0.3) is 11.4 Å². The van der Waals surface area contributed by atoms with E-state index in [-0.39, 0.29) is 5.56 Å². The zero-order chi connectivity index (χ0) is 17.1. The summed E-state index contributed by atoms with van der Waals surface area (Å²) in [6, 6.07) is 11.9. The molecule has 0 amide bonds. The van der Waals surface area contributed by atoms with Gasteiger partial charge in [0.25, 0.3) is 0 Å². The number of ether oxygens (including phenoxy) is 1. The van der Waals surface area contributed by atoms with Gasteiger partial charge in [-0.1, -0.05) is 12.1 Å². The molecule has 8 nitrogen and oxygen atoms in total. The number of aromatic carboxylic acids is 1. The predicted octanol–water partition coefficient (Wildman–Crippen LogP) is 1.68. The van der Waals surface area contributed by atoms with Crippen LogP contribution in [0.1, 0.15) is 15.9 Å². The number of benzene rings is 2. The molecular weight excluding hydrogens is 310 g/mol. The van der Waals surface area contributed by atoms with Gasteiger partial charge in [0.15, 0.2) is 5.82 Å². The van der Waals surface area contributed by atoms with Crippen LogP contribution < -0.4 is 10.5 Å². The van der Waals surface area contributed by atoms with Crippen molar-refractivity contribution in [3.05, 3.63) is 53.6 Å². The van der Waals surface area contributed by atoms with E-state index in [0.29, 0.717) is 23.8 Å². The van der Waals surface area contributed by atoms with Crippen molar-refractivity contribution in [2.45, 2.75) is 6.54 Å². The Labute approximate surface area is 137 Å². The molecule has 122 valence electrons. The summed E-state index contributed by atoms with van der Waals surface area (Å²) in [6.45, 7) is 0.411. The van der Waals surface area contributed by atoms with Gasteiger partial charge in [0.05, 0.1) is 24.9 Å². The number of carbonyl (C=O) groups is 1. The van der Waals surface area contributed by atoms with Gasteiger partial charge in [-0.25, -0.2) is 9.48 Å². The van der Waals surface area contributed by atoms with Crippen LogP contribution in [0.2, 0.25) is 0 Å². The van der Waals surface area contributed by atoms with Crippen LogP contribution in [0.3, 0.4) is 0 Å². The maximum absolute atomic E-state index is 10.9. The zero-order valence-electron chi connectivity index (χ0n) is 12.9. The Kier molecular flexibility index (Phi) is 4.11. The summed E-state index contributed by atoms with van der Waals surface area (Å²) in [6.07, 6.45) is 0. The first-order chi connectivity index (χ1) is 11.6. The maximum Gasteiger partial charge on any atom is 0.335 e. The zero-order valence-corrected chi connectivity index (χ0v) is 12.9. The predicted molar refractivity (Wildman–Crippen MR) is 86.7 cm³/mol. The third-order valence-electron chi connectivity index (χ3n) is 3.55. The first-order valence-electron chi connectivity index (χ1n) is 7.11. The molecule has 8 heteroatoms. The number of anilines is 1. The molecule has 2 aromatic carbocycles. The summed E-state index contributed by atoms with van der Waals surface area (Å²) in [7, 11) is 1.55. The molecule has 0 unspecified atom stereocenters. The highest BCUT2D eigenvalue weighted by Crippen LogP contribution is 2.27. The fraction of sp³-hybridized carbons (Fsp3) is 0.125. The summed E-state index contributed by atoms with van der Waals surface area (Å²) in [5.74, 6) is 0.187. The van der Waals surface area contributed by atoms with E-state index in [1.165, 1.54) is 0 Å². The second kappa shape index (κ2) is 6.37. The summed E-state index contributed by atoms with van der Waals surface area (Å²) in [5.41, 5.74) is 8.31. The van der Waals surface area contributed by atoms with E-state index in [9.17, 15) is 4.79 Å². The molecule has 0 atom stereocenters. The Bertz CT molecular complexity index is 874. The third kappa shape index (κ3) is 3.02. The topological polar surface area (TPSA) is 116 Å². The molecule has 0 bridgehead atoms. The lowest BCUT2D eigenvalue weighted by atomic mass is 10.1. The number of rotatable bonds is 5. The smallest absolute Gasteiger partial charge is 0.335 e. The van der Waals surface area contributed by atoms with Crippen molar-refractivity contribution in [3.63, 3.8) is 0 Å². The molecule has 0 aliphatic heterocycles. The lowest BCUT2D eigenvalue weighted by Gasteiger charge is -2.08. The quantitative estimate of drug-likeness (QED) is 0.685. The van der Waals surface area contributed by atoms with E-state index in [0.717, 1.165) is 11.1 Å². The summed E-state index contributed by atoms with van der Waals surface area (Å²) in [4.78, 5) is 10.9. The third-order valence-corrected chi connectivity index (χ3v) is 3.55. The second-order valence-electron chi connectivity index (χ2n) is 5.12. The Morgan fingerprint density at radius 3 is 2.62 bits per heavy atom. The number of hydrogen-bond donors (Lipinski definition) is 2. The van der Waals surface area contributed by atoms with Crippen LogP contribution in [0.15, 0.2) is 42.5 Å². The van der Waals surface area contributed by atoms with Gasteiger partial charge in [0.1, 0.15) is 5.75 Å². The van der Waals surface area contributed by atoms with Crippen LogP contribution in [0.4, 0.5) is 5.69 Å². The van der Waals surface area contributed by atoms with E-state index in [4.69, 9.17) is 15.6 Å². The number of methoxy groups -OCH3 is 1. The number of carboxylic acids is 1. The molecule has 3 N–H and O–H groups in total. The molecule has 0 fully saturated rings. The van der Waals surface area contributed by atoms with Crippen LogP contribution in [-0.4, -0.2) is 38.4 Å². The molecule has 24 heavy (non-hydrogen) atoms. The van der Waals surface area contributed by atoms with Crippen molar-refractivity contribution in [1.29, 1.82) is 0 Å². The Hall–Kier alpha value is -3.42. The van der Waals surface area contributed by atoms with Crippen molar-refractivity contribution in [3.8, 4) is 17.1 Å². The van der Waals surface area contributed by atoms with Gasteiger partial charge in [-0.2, -0.15) is 0 Å². The highest BCUT2D eigenvalue weighted by Gasteiger charge is 2.12. The lowest BCUT2D eigenvalue weighted by molar-refractivity contribution is 0.0697. The molecular formula is C16H15N5O3. The minimum absolute atomic E-state index is 0.235. The Morgan fingerprint density at radius 1 is 1.25 bits per heavy atom. The number of nitrogen functional groups attached to an aromatic ring is 1. The first-order valence-corrected chi connectivity index (χ1v) is 7.11. The van der Waals surface area contributed by atoms with Crippen molar-refractivity contribution in [2.24, 2.45) is 0 Å². The van der Waals surface area contributed by atoms with Gasteiger partial charge >= 0.3 is 5.97 Å². The number of nitrogens with zero attached hydrogens (tertiary/aromatic N) is 4.